The number of likely N-dealkylation sites (tertiary alicyclic amines) is 1. The molecule has 1 saturated heterocycles. The zero-order chi connectivity index (χ0) is 11.2. The van der Waals surface area contributed by atoms with E-state index in [-0.39, 0.29) is 0 Å². The highest BCUT2D eigenvalue weighted by Crippen LogP contribution is 2.24. The van der Waals surface area contributed by atoms with Gasteiger partial charge in [-0.1, -0.05) is 30.3 Å². The summed E-state index contributed by atoms with van der Waals surface area (Å²) in [4.78, 5) is 12.9. The molecular formula is C13H18N2O. The van der Waals surface area contributed by atoms with Crippen molar-refractivity contribution >= 4 is 6.41 Å². The Morgan fingerprint density at radius 2 is 1.94 bits per heavy atom. The highest BCUT2D eigenvalue weighted by atomic mass is 16.1. The van der Waals surface area contributed by atoms with Gasteiger partial charge in [-0.3, -0.25) is 9.69 Å². The fourth-order valence-corrected chi connectivity index (χ4v) is 2.35. The van der Waals surface area contributed by atoms with Gasteiger partial charge in [-0.05, 0) is 31.5 Å². The van der Waals surface area contributed by atoms with Gasteiger partial charge >= 0.3 is 0 Å². The van der Waals surface area contributed by atoms with Crippen molar-refractivity contribution in [2.24, 2.45) is 0 Å². The average Bonchev–Trinajstić information content (AvgIpc) is 2.85. The summed E-state index contributed by atoms with van der Waals surface area (Å²) in [5.74, 6) is 0. The Morgan fingerprint density at radius 3 is 2.56 bits per heavy atom. The lowest BCUT2D eigenvalue weighted by Crippen LogP contribution is -2.33. The molecule has 1 amide bonds. The predicted molar refractivity (Wildman–Crippen MR) is 64.1 cm³/mol. The number of nitrogens with zero attached hydrogens (tertiary/aromatic N) is 1. The summed E-state index contributed by atoms with van der Waals surface area (Å²) in [6.45, 7) is 2.98. The van der Waals surface area contributed by atoms with E-state index in [4.69, 9.17) is 0 Å². The predicted octanol–water partition coefficient (Wildman–Crippen LogP) is 1.57. The Morgan fingerprint density at radius 1 is 1.25 bits per heavy atom. The van der Waals surface area contributed by atoms with Crippen molar-refractivity contribution in [3.05, 3.63) is 35.9 Å². The standard InChI is InChI=1S/C13H18N2O/c16-11-14-10-13(15-8-4-5-9-15)12-6-2-1-3-7-12/h1-3,6-7,11,13H,4-5,8-10H2,(H,14,16). The number of nitrogens with one attached hydrogen (secondary N) is 1. The Kier molecular flexibility index (Phi) is 3.94. The molecule has 1 aromatic rings. The van der Waals surface area contributed by atoms with E-state index < -0.39 is 0 Å². The largest absolute Gasteiger partial charge is 0.357 e. The minimum Gasteiger partial charge on any atom is -0.357 e. The molecule has 0 bridgehead atoms. The third kappa shape index (κ3) is 2.61. The molecule has 1 aromatic carbocycles. The Hall–Kier alpha value is -1.35. The fraction of sp³-hybridized carbons (Fsp3) is 0.462. The van der Waals surface area contributed by atoms with E-state index in [1.165, 1.54) is 18.4 Å². The van der Waals surface area contributed by atoms with E-state index in [2.05, 4.69) is 34.5 Å². The fourth-order valence-electron chi connectivity index (χ4n) is 2.35. The van der Waals surface area contributed by atoms with Crippen molar-refractivity contribution in [1.29, 1.82) is 0 Å². The maximum Gasteiger partial charge on any atom is 0.207 e. The molecule has 1 fully saturated rings. The molecule has 2 rings (SSSR count). The average molecular weight is 218 g/mol. The molecule has 16 heavy (non-hydrogen) atoms. The monoisotopic (exact) mass is 218 g/mol. The van der Waals surface area contributed by atoms with Crippen LogP contribution in [-0.2, 0) is 4.79 Å². The second-order valence-corrected chi connectivity index (χ2v) is 4.20. The Labute approximate surface area is 96.5 Å². The first-order chi connectivity index (χ1) is 7.92. The summed E-state index contributed by atoms with van der Waals surface area (Å²) in [5, 5.41) is 2.80. The van der Waals surface area contributed by atoms with Crippen molar-refractivity contribution in [2.75, 3.05) is 19.6 Å². The van der Waals surface area contributed by atoms with Crippen molar-refractivity contribution in [2.45, 2.75) is 18.9 Å². The molecular weight excluding hydrogens is 200 g/mol. The van der Waals surface area contributed by atoms with Crippen molar-refractivity contribution in [3.63, 3.8) is 0 Å². The highest BCUT2D eigenvalue weighted by Gasteiger charge is 2.22. The van der Waals surface area contributed by atoms with Gasteiger partial charge in [-0.2, -0.15) is 0 Å². The van der Waals surface area contributed by atoms with E-state index in [1.54, 1.807) is 0 Å². The first-order valence-electron chi connectivity index (χ1n) is 5.88. The van der Waals surface area contributed by atoms with Gasteiger partial charge in [-0.25, -0.2) is 0 Å². The van der Waals surface area contributed by atoms with Crippen LogP contribution < -0.4 is 5.32 Å². The van der Waals surface area contributed by atoms with Gasteiger partial charge < -0.3 is 5.32 Å². The van der Waals surface area contributed by atoms with Crippen LogP contribution in [0.3, 0.4) is 0 Å². The lowest BCUT2D eigenvalue weighted by atomic mass is 10.1. The smallest absolute Gasteiger partial charge is 0.207 e. The molecule has 3 nitrogen and oxygen atoms in total. The number of hydrogen-bond donors (Lipinski definition) is 1. The van der Waals surface area contributed by atoms with Crippen LogP contribution in [0.25, 0.3) is 0 Å². The van der Waals surface area contributed by atoms with Gasteiger partial charge in [0.1, 0.15) is 0 Å². The van der Waals surface area contributed by atoms with Gasteiger partial charge in [0.2, 0.25) is 6.41 Å². The van der Waals surface area contributed by atoms with E-state index in [1.807, 2.05) is 6.07 Å². The maximum atomic E-state index is 10.4. The van der Waals surface area contributed by atoms with Gasteiger partial charge in [0.25, 0.3) is 0 Å². The summed E-state index contributed by atoms with van der Waals surface area (Å²) in [7, 11) is 0. The van der Waals surface area contributed by atoms with E-state index in [9.17, 15) is 4.79 Å². The topological polar surface area (TPSA) is 32.3 Å². The molecule has 1 atom stereocenters. The zero-order valence-corrected chi connectivity index (χ0v) is 9.43. The molecule has 86 valence electrons. The van der Waals surface area contributed by atoms with Crippen LogP contribution in [0.5, 0.6) is 0 Å². The molecule has 0 saturated carbocycles. The Balaban J connectivity index is 2.10. The van der Waals surface area contributed by atoms with Gasteiger partial charge in [0.05, 0.1) is 6.04 Å². The molecule has 0 aliphatic carbocycles. The molecule has 3 heteroatoms. The summed E-state index contributed by atoms with van der Waals surface area (Å²) < 4.78 is 0. The normalized spacial score (nSPS) is 18.2. The molecule has 1 aliphatic heterocycles. The van der Waals surface area contributed by atoms with Crippen LogP contribution in [-0.4, -0.2) is 30.9 Å². The van der Waals surface area contributed by atoms with Crippen molar-refractivity contribution < 1.29 is 4.79 Å². The van der Waals surface area contributed by atoms with Crippen LogP contribution in [0.1, 0.15) is 24.4 Å². The van der Waals surface area contributed by atoms with Crippen molar-refractivity contribution in [1.82, 2.24) is 10.2 Å². The maximum absolute atomic E-state index is 10.4. The van der Waals surface area contributed by atoms with E-state index in [0.717, 1.165) is 19.5 Å². The summed E-state index contributed by atoms with van der Waals surface area (Å²) in [6, 6.07) is 10.7. The molecule has 1 N–H and O–H groups in total. The quantitative estimate of drug-likeness (QED) is 0.761. The third-order valence-electron chi connectivity index (χ3n) is 3.16. The Bertz CT molecular complexity index is 320. The number of carbonyl (C=O) groups excluding carboxylic acids is 1. The second kappa shape index (κ2) is 5.66. The zero-order valence-electron chi connectivity index (χ0n) is 9.43. The summed E-state index contributed by atoms with van der Waals surface area (Å²) in [6.07, 6.45) is 3.32. The number of benzene rings is 1. The first kappa shape index (κ1) is 11.1. The van der Waals surface area contributed by atoms with Crippen molar-refractivity contribution in [3.8, 4) is 0 Å². The number of carbonyl (C=O) groups is 1. The highest BCUT2D eigenvalue weighted by molar-refractivity contribution is 5.46. The van der Waals surface area contributed by atoms with Crippen LogP contribution in [0.4, 0.5) is 0 Å². The second-order valence-electron chi connectivity index (χ2n) is 4.20. The summed E-state index contributed by atoms with van der Waals surface area (Å²) in [5.41, 5.74) is 1.29. The first-order valence-corrected chi connectivity index (χ1v) is 5.88. The van der Waals surface area contributed by atoms with Crippen LogP contribution in [0, 0.1) is 0 Å². The molecule has 1 aliphatic rings. The summed E-state index contributed by atoms with van der Waals surface area (Å²) >= 11 is 0. The third-order valence-corrected chi connectivity index (χ3v) is 3.16. The molecule has 0 aromatic heterocycles. The molecule has 1 heterocycles. The van der Waals surface area contributed by atoms with E-state index >= 15 is 0 Å². The number of rotatable bonds is 5. The molecule has 0 spiro atoms. The van der Waals surface area contributed by atoms with Gasteiger partial charge in [0, 0.05) is 6.54 Å². The lowest BCUT2D eigenvalue weighted by molar-refractivity contribution is -0.109. The number of hydrogen-bond acceptors (Lipinski definition) is 2. The minimum atomic E-state index is 0.328. The van der Waals surface area contributed by atoms with Crippen LogP contribution in [0.2, 0.25) is 0 Å². The number of amides is 1. The van der Waals surface area contributed by atoms with E-state index in [0.29, 0.717) is 12.6 Å². The van der Waals surface area contributed by atoms with Gasteiger partial charge in [-0.15, -0.1) is 0 Å². The molecule has 0 radical (unpaired) electrons. The van der Waals surface area contributed by atoms with Crippen LogP contribution >= 0.6 is 0 Å². The van der Waals surface area contributed by atoms with Gasteiger partial charge in [0.15, 0.2) is 0 Å². The minimum absolute atomic E-state index is 0.328. The SMILES string of the molecule is O=CNCC(c1ccccc1)N1CCCC1. The lowest BCUT2D eigenvalue weighted by Gasteiger charge is -2.27. The van der Waals surface area contributed by atoms with Crippen LogP contribution in [0.15, 0.2) is 30.3 Å². The molecule has 1 unspecified atom stereocenters.